The highest BCUT2D eigenvalue weighted by atomic mass is 32.1. The second kappa shape index (κ2) is 8.32. The molecule has 29 heavy (non-hydrogen) atoms. The summed E-state index contributed by atoms with van der Waals surface area (Å²) in [5.41, 5.74) is -0.146. The van der Waals surface area contributed by atoms with E-state index in [1.807, 2.05) is 6.92 Å². The van der Waals surface area contributed by atoms with Crippen molar-refractivity contribution in [1.82, 2.24) is 19.7 Å². The fourth-order valence-electron chi connectivity index (χ4n) is 2.81. The van der Waals surface area contributed by atoms with Crippen molar-refractivity contribution in [3.8, 4) is 0 Å². The van der Waals surface area contributed by atoms with Gasteiger partial charge in [0.05, 0.1) is 18.0 Å². The molecule has 3 aromatic rings. The predicted molar refractivity (Wildman–Crippen MR) is 104 cm³/mol. The van der Waals surface area contributed by atoms with Gasteiger partial charge in [0.15, 0.2) is 5.13 Å². The summed E-state index contributed by atoms with van der Waals surface area (Å²) in [7, 11) is 0. The Morgan fingerprint density at radius 2 is 2.07 bits per heavy atom. The van der Waals surface area contributed by atoms with Crippen LogP contribution in [0.15, 0.2) is 30.5 Å². The average molecular weight is 423 g/mol. The normalized spacial score (nSPS) is 12.8. The van der Waals surface area contributed by atoms with Gasteiger partial charge in [-0.3, -0.25) is 4.79 Å². The lowest BCUT2D eigenvalue weighted by molar-refractivity contribution is -0.137. The first-order valence-corrected chi connectivity index (χ1v) is 9.73. The van der Waals surface area contributed by atoms with Crippen molar-refractivity contribution < 1.29 is 18.0 Å². The zero-order chi connectivity index (χ0) is 21.2. The van der Waals surface area contributed by atoms with Gasteiger partial charge >= 0.3 is 6.18 Å². The lowest BCUT2D eigenvalue weighted by Crippen LogP contribution is -2.25. The van der Waals surface area contributed by atoms with Gasteiger partial charge in [0, 0.05) is 17.5 Å². The molecule has 0 radical (unpaired) electrons. The molecule has 6 nitrogen and oxygen atoms in total. The highest BCUT2D eigenvalue weighted by Gasteiger charge is 2.30. The smallest absolute Gasteiger partial charge is 0.302 e. The zero-order valence-corrected chi connectivity index (χ0v) is 16.9. The van der Waals surface area contributed by atoms with Crippen LogP contribution in [0.2, 0.25) is 0 Å². The number of alkyl halides is 3. The quantitative estimate of drug-likeness (QED) is 0.644. The van der Waals surface area contributed by atoms with Crippen LogP contribution in [0, 0.1) is 19.8 Å². The van der Waals surface area contributed by atoms with Gasteiger partial charge in [0.25, 0.3) is 0 Å². The van der Waals surface area contributed by atoms with Crippen LogP contribution >= 0.6 is 11.3 Å². The number of rotatable bonds is 6. The molecular formula is C19H20F3N5OS. The summed E-state index contributed by atoms with van der Waals surface area (Å²) in [6.45, 7) is 5.78. The number of carbonyl (C=O) groups is 1. The Morgan fingerprint density at radius 3 is 2.72 bits per heavy atom. The number of nitrogens with zero attached hydrogens (tertiary/aromatic N) is 4. The van der Waals surface area contributed by atoms with Crippen LogP contribution in [-0.4, -0.2) is 25.7 Å². The molecule has 10 heteroatoms. The van der Waals surface area contributed by atoms with Gasteiger partial charge in [-0.05, 0) is 25.5 Å². The summed E-state index contributed by atoms with van der Waals surface area (Å²) < 4.78 is 40.2. The van der Waals surface area contributed by atoms with E-state index in [1.165, 1.54) is 17.4 Å². The maximum Gasteiger partial charge on any atom is 0.416 e. The maximum absolute atomic E-state index is 12.8. The Hall–Kier alpha value is -2.75. The first kappa shape index (κ1) is 21.0. The molecule has 1 N–H and O–H groups in total. The lowest BCUT2D eigenvalue weighted by atomic mass is 10.1. The highest BCUT2D eigenvalue weighted by Crippen LogP contribution is 2.30. The van der Waals surface area contributed by atoms with Gasteiger partial charge in [-0.15, -0.1) is 11.3 Å². The first-order chi connectivity index (χ1) is 13.6. The number of hydrogen-bond donors (Lipinski definition) is 1. The number of halogens is 3. The Labute approximate surface area is 169 Å². The topological polar surface area (TPSA) is 72.7 Å². The van der Waals surface area contributed by atoms with Crippen LogP contribution in [0.25, 0.3) is 0 Å². The van der Waals surface area contributed by atoms with E-state index >= 15 is 0 Å². The summed E-state index contributed by atoms with van der Waals surface area (Å²) in [4.78, 5) is 21.6. The van der Waals surface area contributed by atoms with Crippen LogP contribution < -0.4 is 5.32 Å². The van der Waals surface area contributed by atoms with E-state index in [2.05, 4.69) is 20.4 Å². The predicted octanol–water partition coefficient (Wildman–Crippen LogP) is 4.24. The summed E-state index contributed by atoms with van der Waals surface area (Å²) in [6.07, 6.45) is -2.50. The molecule has 0 aliphatic carbocycles. The molecule has 2 heterocycles. The Balaban J connectivity index is 1.61. The minimum Gasteiger partial charge on any atom is -0.302 e. The molecule has 0 aliphatic rings. The van der Waals surface area contributed by atoms with E-state index in [9.17, 15) is 18.0 Å². The number of aromatic nitrogens is 4. The van der Waals surface area contributed by atoms with Gasteiger partial charge in [-0.25, -0.2) is 14.6 Å². The standard InChI is InChI=1S/C19H20F3N5OS/c1-11(10-27-13(3)24-12(2)26-27)17(28)25-18-23-9-16(29-18)8-14-5-4-6-15(7-14)19(20,21)22/h4-7,9,11H,8,10H2,1-3H3,(H,23,25,28). The molecule has 1 aromatic carbocycles. The number of nitrogens with one attached hydrogen (secondary N) is 1. The van der Waals surface area contributed by atoms with Crippen molar-refractivity contribution >= 4 is 22.4 Å². The Morgan fingerprint density at radius 1 is 1.31 bits per heavy atom. The molecule has 0 fully saturated rings. The number of thiazole rings is 1. The van der Waals surface area contributed by atoms with Crippen LogP contribution in [0.3, 0.4) is 0 Å². The molecular weight excluding hydrogens is 403 g/mol. The van der Waals surface area contributed by atoms with Crippen LogP contribution in [0.4, 0.5) is 18.3 Å². The fraction of sp³-hybridized carbons (Fsp3) is 0.368. The third-order valence-electron chi connectivity index (χ3n) is 4.27. The third-order valence-corrected chi connectivity index (χ3v) is 5.19. The molecule has 0 spiro atoms. The lowest BCUT2D eigenvalue weighted by Gasteiger charge is -2.11. The van der Waals surface area contributed by atoms with Gasteiger partial charge < -0.3 is 5.32 Å². The largest absolute Gasteiger partial charge is 0.416 e. The molecule has 154 valence electrons. The minimum absolute atomic E-state index is 0.211. The van der Waals surface area contributed by atoms with Crippen molar-refractivity contribution in [2.24, 2.45) is 5.92 Å². The second-order valence-corrected chi connectivity index (χ2v) is 7.90. The van der Waals surface area contributed by atoms with Crippen LogP contribution in [0.1, 0.15) is 34.6 Å². The number of amides is 1. The molecule has 1 amide bonds. The van der Waals surface area contributed by atoms with Crippen molar-refractivity contribution in [1.29, 1.82) is 0 Å². The van der Waals surface area contributed by atoms with Gasteiger partial charge in [0.2, 0.25) is 5.91 Å². The summed E-state index contributed by atoms with van der Waals surface area (Å²) >= 11 is 1.24. The van der Waals surface area contributed by atoms with Crippen molar-refractivity contribution in [3.05, 3.63) is 58.1 Å². The van der Waals surface area contributed by atoms with E-state index in [1.54, 1.807) is 30.8 Å². The molecule has 2 aromatic heterocycles. The van der Waals surface area contributed by atoms with Crippen molar-refractivity contribution in [3.63, 3.8) is 0 Å². The average Bonchev–Trinajstić information content (AvgIpc) is 3.20. The maximum atomic E-state index is 12.8. The molecule has 1 atom stereocenters. The number of aryl methyl sites for hydroxylation is 2. The van der Waals surface area contributed by atoms with Crippen LogP contribution in [-0.2, 0) is 23.9 Å². The monoisotopic (exact) mass is 423 g/mol. The fourth-order valence-corrected chi connectivity index (χ4v) is 3.66. The molecule has 1 unspecified atom stereocenters. The number of anilines is 1. The third kappa shape index (κ3) is 5.41. The Kier molecular flexibility index (Phi) is 6.02. The summed E-state index contributed by atoms with van der Waals surface area (Å²) in [5, 5.41) is 7.42. The molecule has 0 saturated carbocycles. The number of carbonyl (C=O) groups excluding carboxylic acids is 1. The summed E-state index contributed by atoms with van der Waals surface area (Å²) in [6, 6.07) is 5.19. The SMILES string of the molecule is Cc1nc(C)n(CC(C)C(=O)Nc2ncc(Cc3cccc(C(F)(F)F)c3)s2)n1. The molecule has 3 rings (SSSR count). The van der Waals surface area contributed by atoms with E-state index in [4.69, 9.17) is 0 Å². The van der Waals surface area contributed by atoms with E-state index in [-0.39, 0.29) is 11.8 Å². The molecule has 0 bridgehead atoms. The molecule has 0 aliphatic heterocycles. The van der Waals surface area contributed by atoms with Crippen molar-refractivity contribution in [2.75, 3.05) is 5.32 Å². The molecule has 0 saturated heterocycles. The van der Waals surface area contributed by atoms with Gasteiger partial charge in [0.1, 0.15) is 11.6 Å². The minimum atomic E-state index is -4.38. The highest BCUT2D eigenvalue weighted by molar-refractivity contribution is 7.15. The van der Waals surface area contributed by atoms with Gasteiger partial charge in [-0.2, -0.15) is 18.3 Å². The van der Waals surface area contributed by atoms with E-state index in [0.717, 1.165) is 22.8 Å². The van der Waals surface area contributed by atoms with E-state index in [0.29, 0.717) is 29.5 Å². The zero-order valence-electron chi connectivity index (χ0n) is 16.1. The van der Waals surface area contributed by atoms with Crippen molar-refractivity contribution in [2.45, 2.75) is 39.9 Å². The number of hydrogen-bond acceptors (Lipinski definition) is 5. The first-order valence-electron chi connectivity index (χ1n) is 8.91. The number of benzene rings is 1. The van der Waals surface area contributed by atoms with Gasteiger partial charge in [-0.1, -0.05) is 25.1 Å². The second-order valence-electron chi connectivity index (χ2n) is 6.79. The van der Waals surface area contributed by atoms with Crippen LogP contribution in [0.5, 0.6) is 0 Å². The van der Waals surface area contributed by atoms with E-state index < -0.39 is 11.7 Å². The summed E-state index contributed by atoms with van der Waals surface area (Å²) in [5.74, 6) is 0.817. The Bertz CT molecular complexity index is 1010.